The zero-order chi connectivity index (χ0) is 18.6. The van der Waals surface area contributed by atoms with Gasteiger partial charge in [0.15, 0.2) is 9.84 Å². The van der Waals surface area contributed by atoms with E-state index < -0.39 is 15.1 Å². The molecule has 0 saturated carbocycles. The molecule has 3 rings (SSSR count). The summed E-state index contributed by atoms with van der Waals surface area (Å²) in [5.41, 5.74) is 0.641. The third-order valence-electron chi connectivity index (χ3n) is 4.48. The molecule has 1 aliphatic heterocycles. The van der Waals surface area contributed by atoms with Gasteiger partial charge in [0.2, 0.25) is 0 Å². The Kier molecular flexibility index (Phi) is 5.51. The first kappa shape index (κ1) is 18.3. The van der Waals surface area contributed by atoms with Gasteiger partial charge in [-0.15, -0.1) is 0 Å². The Balaban J connectivity index is 1.55. The minimum atomic E-state index is -3.29. The summed E-state index contributed by atoms with van der Waals surface area (Å²) in [6.07, 6.45) is 2.32. The summed E-state index contributed by atoms with van der Waals surface area (Å²) < 4.78 is 35.3. The highest BCUT2D eigenvalue weighted by Gasteiger charge is 2.32. The lowest BCUT2D eigenvalue weighted by molar-refractivity contribution is 0.200. The molecule has 0 bridgehead atoms. The number of furan rings is 1. The molecule has 0 radical (unpaired) electrons. The molecule has 0 atom stereocenters. The Morgan fingerprint density at radius 1 is 1.27 bits per heavy atom. The van der Waals surface area contributed by atoms with Crippen LogP contribution in [0.5, 0.6) is 5.75 Å². The lowest BCUT2D eigenvalue weighted by Gasteiger charge is -2.31. The maximum atomic E-state index is 12.5. The van der Waals surface area contributed by atoms with Gasteiger partial charge in [-0.25, -0.2) is 13.2 Å². The van der Waals surface area contributed by atoms with Crippen LogP contribution in [0.3, 0.4) is 0 Å². The van der Waals surface area contributed by atoms with E-state index in [4.69, 9.17) is 9.15 Å². The quantitative estimate of drug-likeness (QED) is 0.864. The van der Waals surface area contributed by atoms with Crippen molar-refractivity contribution in [3.63, 3.8) is 0 Å². The Labute approximate surface area is 152 Å². The van der Waals surface area contributed by atoms with Crippen LogP contribution in [-0.2, 0) is 15.6 Å². The number of sulfone groups is 1. The van der Waals surface area contributed by atoms with E-state index in [0.717, 1.165) is 0 Å². The van der Waals surface area contributed by atoms with Crippen LogP contribution in [0.1, 0.15) is 18.6 Å². The number of likely N-dealkylation sites (tertiary alicyclic amines) is 1. The van der Waals surface area contributed by atoms with E-state index in [1.807, 2.05) is 0 Å². The van der Waals surface area contributed by atoms with Gasteiger partial charge in [-0.2, -0.15) is 0 Å². The van der Waals surface area contributed by atoms with E-state index in [0.29, 0.717) is 43.1 Å². The Morgan fingerprint density at radius 2 is 2.04 bits per heavy atom. The number of carbonyl (C=O) groups is 1. The van der Waals surface area contributed by atoms with E-state index in [9.17, 15) is 13.2 Å². The van der Waals surface area contributed by atoms with E-state index >= 15 is 0 Å². The van der Waals surface area contributed by atoms with Crippen molar-refractivity contribution in [1.82, 2.24) is 4.90 Å². The fraction of sp³-hybridized carbons (Fsp3) is 0.389. The molecule has 0 aliphatic carbocycles. The number of rotatable bonds is 5. The van der Waals surface area contributed by atoms with Crippen molar-refractivity contribution in [2.75, 3.05) is 25.5 Å². The maximum absolute atomic E-state index is 12.5. The van der Waals surface area contributed by atoms with Crippen molar-refractivity contribution in [2.24, 2.45) is 0 Å². The van der Waals surface area contributed by atoms with Crippen molar-refractivity contribution < 1.29 is 22.4 Å². The summed E-state index contributed by atoms with van der Waals surface area (Å²) in [7, 11) is -1.73. The van der Waals surface area contributed by atoms with Crippen LogP contribution >= 0.6 is 0 Å². The summed E-state index contributed by atoms with van der Waals surface area (Å²) >= 11 is 0. The van der Waals surface area contributed by atoms with Crippen LogP contribution in [0.2, 0.25) is 0 Å². The molecule has 1 fully saturated rings. The van der Waals surface area contributed by atoms with Crippen LogP contribution in [0, 0.1) is 0 Å². The van der Waals surface area contributed by atoms with E-state index in [1.165, 1.54) is 6.26 Å². The van der Waals surface area contributed by atoms with Gasteiger partial charge in [0.1, 0.15) is 17.3 Å². The molecular formula is C18H22N2O5S. The second-order valence-corrected chi connectivity index (χ2v) is 8.52. The SMILES string of the molecule is COc1cccc(NC(=O)N2CCC(S(=O)(=O)Cc3ccco3)CC2)c1. The molecule has 2 amide bonds. The van der Waals surface area contributed by atoms with Gasteiger partial charge in [0, 0.05) is 24.8 Å². The van der Waals surface area contributed by atoms with Crippen molar-refractivity contribution in [3.8, 4) is 5.75 Å². The Morgan fingerprint density at radius 3 is 2.69 bits per heavy atom. The van der Waals surface area contributed by atoms with Gasteiger partial charge >= 0.3 is 6.03 Å². The highest BCUT2D eigenvalue weighted by atomic mass is 32.2. The Hall–Kier alpha value is -2.48. The summed E-state index contributed by atoms with van der Waals surface area (Å²) in [6.45, 7) is 0.801. The molecule has 140 valence electrons. The lowest BCUT2D eigenvalue weighted by Crippen LogP contribution is -2.44. The number of carbonyl (C=O) groups excluding carboxylic acids is 1. The molecule has 1 N–H and O–H groups in total. The first-order chi connectivity index (χ1) is 12.5. The predicted octanol–water partition coefficient (Wildman–Crippen LogP) is 2.90. The Bertz CT molecular complexity index is 840. The second kappa shape index (κ2) is 7.82. The lowest BCUT2D eigenvalue weighted by atomic mass is 10.1. The average Bonchev–Trinajstić information content (AvgIpc) is 3.14. The van der Waals surface area contributed by atoms with Gasteiger partial charge in [0.25, 0.3) is 0 Å². The van der Waals surface area contributed by atoms with Gasteiger partial charge in [-0.1, -0.05) is 6.07 Å². The molecule has 0 unspecified atom stereocenters. The third-order valence-corrected chi connectivity index (χ3v) is 6.66. The van der Waals surface area contributed by atoms with Crippen molar-refractivity contribution >= 4 is 21.6 Å². The average molecular weight is 378 g/mol. The summed E-state index contributed by atoms with van der Waals surface area (Å²) in [4.78, 5) is 14.0. The van der Waals surface area contributed by atoms with Gasteiger partial charge < -0.3 is 19.4 Å². The molecule has 1 saturated heterocycles. The molecule has 2 aromatic rings. The minimum absolute atomic E-state index is 0.0966. The number of methoxy groups -OCH3 is 1. The van der Waals surface area contributed by atoms with Crippen LogP contribution in [0.15, 0.2) is 47.1 Å². The number of benzene rings is 1. The molecule has 7 nitrogen and oxygen atoms in total. The van der Waals surface area contributed by atoms with Gasteiger partial charge in [0.05, 0.1) is 18.6 Å². The summed E-state index contributed by atoms with van der Waals surface area (Å²) in [5.74, 6) is 1.01. The monoisotopic (exact) mass is 378 g/mol. The summed E-state index contributed by atoms with van der Waals surface area (Å²) in [5, 5.41) is 2.37. The van der Waals surface area contributed by atoms with Crippen LogP contribution in [0.4, 0.5) is 10.5 Å². The van der Waals surface area contributed by atoms with Gasteiger partial charge in [-0.3, -0.25) is 0 Å². The zero-order valence-corrected chi connectivity index (χ0v) is 15.4. The number of amides is 2. The van der Waals surface area contributed by atoms with Gasteiger partial charge in [-0.05, 0) is 37.1 Å². The molecule has 1 aromatic heterocycles. The van der Waals surface area contributed by atoms with Crippen molar-refractivity contribution in [3.05, 3.63) is 48.4 Å². The molecule has 1 aromatic carbocycles. The zero-order valence-electron chi connectivity index (χ0n) is 14.6. The topological polar surface area (TPSA) is 88.9 Å². The number of nitrogens with one attached hydrogen (secondary N) is 1. The molecule has 26 heavy (non-hydrogen) atoms. The number of nitrogens with zero attached hydrogens (tertiary/aromatic N) is 1. The molecular weight excluding hydrogens is 356 g/mol. The van der Waals surface area contributed by atoms with Crippen molar-refractivity contribution in [1.29, 1.82) is 0 Å². The molecule has 8 heteroatoms. The first-order valence-electron chi connectivity index (χ1n) is 8.42. The number of urea groups is 1. The molecule has 0 spiro atoms. The highest BCUT2D eigenvalue weighted by Crippen LogP contribution is 2.23. The fourth-order valence-corrected chi connectivity index (χ4v) is 4.76. The van der Waals surface area contributed by atoms with Crippen LogP contribution in [-0.4, -0.2) is 44.8 Å². The minimum Gasteiger partial charge on any atom is -0.497 e. The predicted molar refractivity (Wildman–Crippen MR) is 97.9 cm³/mol. The summed E-state index contributed by atoms with van der Waals surface area (Å²) in [6, 6.07) is 10.2. The number of hydrogen-bond donors (Lipinski definition) is 1. The highest BCUT2D eigenvalue weighted by molar-refractivity contribution is 7.91. The maximum Gasteiger partial charge on any atom is 0.321 e. The van der Waals surface area contributed by atoms with Crippen LogP contribution in [0.25, 0.3) is 0 Å². The van der Waals surface area contributed by atoms with E-state index in [-0.39, 0.29) is 11.8 Å². The molecule has 2 heterocycles. The number of ether oxygens (including phenoxy) is 1. The smallest absolute Gasteiger partial charge is 0.321 e. The second-order valence-electron chi connectivity index (χ2n) is 6.24. The van der Waals surface area contributed by atoms with E-state index in [2.05, 4.69) is 5.32 Å². The largest absolute Gasteiger partial charge is 0.497 e. The number of piperidine rings is 1. The number of anilines is 1. The first-order valence-corrected chi connectivity index (χ1v) is 10.1. The fourth-order valence-electron chi connectivity index (χ4n) is 3.03. The molecule has 1 aliphatic rings. The normalized spacial score (nSPS) is 15.7. The van der Waals surface area contributed by atoms with Crippen LogP contribution < -0.4 is 10.1 Å². The standard InChI is InChI=1S/C18H22N2O5S/c1-24-15-5-2-4-14(12-15)19-18(21)20-9-7-17(8-10-20)26(22,23)13-16-6-3-11-25-16/h2-6,11-12,17H,7-10,13H2,1H3,(H,19,21). The number of hydrogen-bond acceptors (Lipinski definition) is 5. The van der Waals surface area contributed by atoms with Crippen molar-refractivity contribution in [2.45, 2.75) is 23.8 Å². The third kappa shape index (κ3) is 4.37. The van der Waals surface area contributed by atoms with E-state index in [1.54, 1.807) is 48.4 Å².